The third kappa shape index (κ3) is 1.93. The van der Waals surface area contributed by atoms with Crippen molar-refractivity contribution in [3.8, 4) is 0 Å². The fourth-order valence-corrected chi connectivity index (χ4v) is 2.46. The zero-order valence-corrected chi connectivity index (χ0v) is 10.6. The Morgan fingerprint density at radius 3 is 2.68 bits per heavy atom. The van der Waals surface area contributed by atoms with Crippen LogP contribution < -0.4 is 0 Å². The Morgan fingerprint density at radius 2 is 1.95 bits per heavy atom. The van der Waals surface area contributed by atoms with Gasteiger partial charge in [-0.15, -0.1) is 0 Å². The van der Waals surface area contributed by atoms with Crippen LogP contribution in [0.2, 0.25) is 0 Å². The van der Waals surface area contributed by atoms with Crippen LogP contribution in [0.1, 0.15) is 16.8 Å². The Labute approximate surface area is 111 Å². The monoisotopic (exact) mass is 251 g/mol. The third-order valence-corrected chi connectivity index (χ3v) is 3.30. The molecule has 0 N–H and O–H groups in total. The first-order chi connectivity index (χ1) is 9.31. The second-order valence-corrected chi connectivity index (χ2v) is 4.39. The Kier molecular flexibility index (Phi) is 2.88. The van der Waals surface area contributed by atoms with E-state index in [0.717, 1.165) is 22.4 Å². The van der Waals surface area contributed by atoms with Gasteiger partial charge < -0.3 is 4.74 Å². The summed E-state index contributed by atoms with van der Waals surface area (Å²) in [7, 11) is 1.41. The molecule has 0 saturated heterocycles. The van der Waals surface area contributed by atoms with Crippen molar-refractivity contribution in [3.63, 3.8) is 0 Å². The lowest BCUT2D eigenvalue weighted by molar-refractivity contribution is -0.136. The molecule has 0 spiro atoms. The second kappa shape index (κ2) is 4.69. The zero-order valence-electron chi connectivity index (χ0n) is 10.6. The number of esters is 1. The largest absolute Gasteiger partial charge is 0.466 e. The highest BCUT2D eigenvalue weighted by molar-refractivity contribution is 6.04. The molecule has 1 aliphatic rings. The number of fused-ring (bicyclic) bond motifs is 1. The number of carbonyl (C=O) groups excluding carboxylic acids is 1. The molecule has 3 rings (SSSR count). The van der Waals surface area contributed by atoms with Gasteiger partial charge in [0, 0.05) is 23.8 Å². The summed E-state index contributed by atoms with van der Waals surface area (Å²) >= 11 is 0. The maximum absolute atomic E-state index is 12.0. The summed E-state index contributed by atoms with van der Waals surface area (Å²) in [5.74, 6) is -0.281. The number of hydrogen-bond donors (Lipinski definition) is 0. The van der Waals surface area contributed by atoms with E-state index in [-0.39, 0.29) is 5.97 Å². The van der Waals surface area contributed by atoms with E-state index in [0.29, 0.717) is 12.0 Å². The van der Waals surface area contributed by atoms with Crippen LogP contribution in [0, 0.1) is 0 Å². The van der Waals surface area contributed by atoms with Crippen LogP contribution in [0.25, 0.3) is 5.57 Å². The van der Waals surface area contributed by atoms with Crippen molar-refractivity contribution in [2.75, 3.05) is 7.11 Å². The second-order valence-electron chi connectivity index (χ2n) is 4.39. The van der Waals surface area contributed by atoms with E-state index in [1.807, 2.05) is 42.5 Å². The van der Waals surface area contributed by atoms with Crippen molar-refractivity contribution in [2.24, 2.45) is 0 Å². The van der Waals surface area contributed by atoms with Gasteiger partial charge in [-0.25, -0.2) is 4.79 Å². The van der Waals surface area contributed by atoms with Gasteiger partial charge >= 0.3 is 5.97 Å². The minimum atomic E-state index is -0.281. The lowest BCUT2D eigenvalue weighted by Gasteiger charge is -2.07. The highest BCUT2D eigenvalue weighted by atomic mass is 16.5. The molecule has 1 aliphatic carbocycles. The maximum atomic E-state index is 12.0. The molecule has 0 fully saturated rings. The standard InChI is InChI=1S/C16H13NO2/c1-19-16(18)13-10-14-12(8-5-9-17-14)15(13)11-6-3-2-4-7-11/h2-9H,10H2,1H3. The summed E-state index contributed by atoms with van der Waals surface area (Å²) in [6.07, 6.45) is 2.29. The maximum Gasteiger partial charge on any atom is 0.334 e. The highest BCUT2D eigenvalue weighted by Crippen LogP contribution is 2.36. The number of carbonyl (C=O) groups is 1. The molecule has 0 radical (unpaired) electrons. The van der Waals surface area contributed by atoms with E-state index in [4.69, 9.17) is 4.74 Å². The molecule has 3 nitrogen and oxygen atoms in total. The molecule has 19 heavy (non-hydrogen) atoms. The molecule has 0 saturated carbocycles. The average Bonchev–Trinajstić information content (AvgIpc) is 2.86. The molecule has 1 aromatic heterocycles. The van der Waals surface area contributed by atoms with Gasteiger partial charge in [0.15, 0.2) is 0 Å². The number of ether oxygens (including phenoxy) is 1. The molecule has 94 valence electrons. The molecular formula is C16H13NO2. The molecular weight excluding hydrogens is 238 g/mol. The summed E-state index contributed by atoms with van der Waals surface area (Å²) in [5.41, 5.74) is 4.60. The Hall–Kier alpha value is -2.42. The first kappa shape index (κ1) is 11.7. The fraction of sp³-hybridized carbons (Fsp3) is 0.125. The van der Waals surface area contributed by atoms with E-state index in [1.165, 1.54) is 7.11 Å². The Bertz CT molecular complexity index is 659. The molecule has 0 aliphatic heterocycles. The number of methoxy groups -OCH3 is 1. The lowest BCUT2D eigenvalue weighted by Crippen LogP contribution is -2.06. The van der Waals surface area contributed by atoms with Gasteiger partial charge in [-0.1, -0.05) is 36.4 Å². The van der Waals surface area contributed by atoms with Crippen molar-refractivity contribution in [3.05, 3.63) is 71.1 Å². The summed E-state index contributed by atoms with van der Waals surface area (Å²) in [6, 6.07) is 13.8. The van der Waals surface area contributed by atoms with E-state index in [9.17, 15) is 4.79 Å². The van der Waals surface area contributed by atoms with Crippen LogP contribution in [0.4, 0.5) is 0 Å². The zero-order chi connectivity index (χ0) is 13.2. The molecule has 3 heteroatoms. The van der Waals surface area contributed by atoms with E-state index in [1.54, 1.807) is 6.20 Å². The van der Waals surface area contributed by atoms with E-state index in [2.05, 4.69) is 4.98 Å². The van der Waals surface area contributed by atoms with Gasteiger partial charge in [0.2, 0.25) is 0 Å². The van der Waals surface area contributed by atoms with Gasteiger partial charge in [0.05, 0.1) is 18.4 Å². The number of rotatable bonds is 2. The topological polar surface area (TPSA) is 39.2 Å². The van der Waals surface area contributed by atoms with Crippen molar-refractivity contribution in [1.29, 1.82) is 0 Å². The summed E-state index contributed by atoms with van der Waals surface area (Å²) in [5, 5.41) is 0. The minimum Gasteiger partial charge on any atom is -0.466 e. The first-order valence-corrected chi connectivity index (χ1v) is 6.12. The number of aromatic nitrogens is 1. The van der Waals surface area contributed by atoms with Gasteiger partial charge in [0.25, 0.3) is 0 Å². The Balaban J connectivity index is 2.21. The van der Waals surface area contributed by atoms with E-state index >= 15 is 0 Å². The molecule has 1 heterocycles. The smallest absolute Gasteiger partial charge is 0.334 e. The van der Waals surface area contributed by atoms with Gasteiger partial charge in [0.1, 0.15) is 0 Å². The van der Waals surface area contributed by atoms with Crippen LogP contribution in [0.15, 0.2) is 54.2 Å². The average molecular weight is 251 g/mol. The molecule has 0 amide bonds. The SMILES string of the molecule is COC(=O)C1=C(c2ccccc2)c2cccnc2C1. The predicted octanol–water partition coefficient (Wildman–Crippen LogP) is 2.61. The fourth-order valence-electron chi connectivity index (χ4n) is 2.46. The van der Waals surface area contributed by atoms with E-state index < -0.39 is 0 Å². The number of hydrogen-bond acceptors (Lipinski definition) is 3. The van der Waals surface area contributed by atoms with Crippen LogP contribution in [-0.2, 0) is 16.0 Å². The van der Waals surface area contributed by atoms with Crippen LogP contribution in [-0.4, -0.2) is 18.1 Å². The molecule has 1 aromatic carbocycles. The number of benzene rings is 1. The van der Waals surface area contributed by atoms with Crippen molar-refractivity contribution in [1.82, 2.24) is 4.98 Å². The first-order valence-electron chi connectivity index (χ1n) is 6.12. The normalized spacial score (nSPS) is 13.3. The van der Waals surface area contributed by atoms with Gasteiger partial charge in [-0.05, 0) is 11.6 Å². The molecule has 0 unspecified atom stereocenters. The Morgan fingerprint density at radius 1 is 1.16 bits per heavy atom. The quantitative estimate of drug-likeness (QED) is 0.770. The van der Waals surface area contributed by atoms with Gasteiger partial charge in [-0.3, -0.25) is 4.98 Å². The number of nitrogens with zero attached hydrogens (tertiary/aromatic N) is 1. The van der Waals surface area contributed by atoms with Crippen molar-refractivity contribution < 1.29 is 9.53 Å². The predicted molar refractivity (Wildman–Crippen MR) is 72.4 cm³/mol. The van der Waals surface area contributed by atoms with Crippen LogP contribution >= 0.6 is 0 Å². The molecule has 0 bridgehead atoms. The van der Waals surface area contributed by atoms with Gasteiger partial charge in [-0.2, -0.15) is 0 Å². The summed E-state index contributed by atoms with van der Waals surface area (Å²) in [4.78, 5) is 16.3. The van der Waals surface area contributed by atoms with Crippen LogP contribution in [0.3, 0.4) is 0 Å². The summed E-state index contributed by atoms with van der Waals surface area (Å²) < 4.78 is 4.89. The lowest BCUT2D eigenvalue weighted by atomic mass is 9.98. The van der Waals surface area contributed by atoms with Crippen LogP contribution in [0.5, 0.6) is 0 Å². The molecule has 2 aromatic rings. The van der Waals surface area contributed by atoms with Crippen molar-refractivity contribution >= 4 is 11.5 Å². The summed E-state index contributed by atoms with van der Waals surface area (Å²) in [6.45, 7) is 0. The van der Waals surface area contributed by atoms with Crippen molar-refractivity contribution in [2.45, 2.75) is 6.42 Å². The highest BCUT2D eigenvalue weighted by Gasteiger charge is 2.28. The molecule has 0 atom stereocenters. The third-order valence-electron chi connectivity index (χ3n) is 3.30. The minimum absolute atomic E-state index is 0.281. The number of pyridine rings is 1.